The Hall–Kier alpha value is -2.20. The Kier molecular flexibility index (Phi) is 4.70. The summed E-state index contributed by atoms with van der Waals surface area (Å²) in [4.78, 5) is 2.06. The Labute approximate surface area is 124 Å². The van der Waals surface area contributed by atoms with Crippen molar-refractivity contribution in [2.24, 2.45) is 5.73 Å². The van der Waals surface area contributed by atoms with Crippen molar-refractivity contribution in [3.05, 3.63) is 70.5 Å². The first kappa shape index (κ1) is 15.2. The van der Waals surface area contributed by atoms with E-state index in [1.54, 1.807) is 12.1 Å². The number of amidine groups is 1. The molecule has 0 atom stereocenters. The summed E-state index contributed by atoms with van der Waals surface area (Å²) < 4.78 is 13.6. The lowest BCUT2D eigenvalue weighted by Gasteiger charge is -2.19. The highest BCUT2D eigenvalue weighted by Gasteiger charge is 2.08. The Balaban J connectivity index is 2.08. The second-order valence-corrected chi connectivity index (χ2v) is 5.32. The van der Waals surface area contributed by atoms with E-state index in [4.69, 9.17) is 11.1 Å². The standard InChI is InChI=1S/C17H20FN3/c1-12-9-13(17(19)20)7-8-14(12)10-21(2)11-15-5-3-4-6-16(15)18/h3-9H,10-11H2,1-2H3,(H3,19,20). The van der Waals surface area contributed by atoms with E-state index >= 15 is 0 Å². The van der Waals surface area contributed by atoms with E-state index < -0.39 is 0 Å². The number of rotatable bonds is 5. The summed E-state index contributed by atoms with van der Waals surface area (Å²) in [6.07, 6.45) is 0. The Morgan fingerprint density at radius 2 is 1.81 bits per heavy atom. The summed E-state index contributed by atoms with van der Waals surface area (Å²) in [6, 6.07) is 12.6. The molecule has 3 nitrogen and oxygen atoms in total. The van der Waals surface area contributed by atoms with Gasteiger partial charge in [0.05, 0.1) is 0 Å². The van der Waals surface area contributed by atoms with Gasteiger partial charge in [-0.2, -0.15) is 0 Å². The van der Waals surface area contributed by atoms with Crippen LogP contribution in [-0.4, -0.2) is 17.8 Å². The molecule has 0 saturated heterocycles. The second kappa shape index (κ2) is 6.50. The van der Waals surface area contributed by atoms with Crippen LogP contribution in [0.3, 0.4) is 0 Å². The first-order valence-corrected chi connectivity index (χ1v) is 6.83. The topological polar surface area (TPSA) is 53.1 Å². The number of hydrogen-bond donors (Lipinski definition) is 2. The van der Waals surface area contributed by atoms with Crippen molar-refractivity contribution in [3.63, 3.8) is 0 Å². The van der Waals surface area contributed by atoms with E-state index in [9.17, 15) is 4.39 Å². The predicted octanol–water partition coefficient (Wildman–Crippen LogP) is 3.05. The lowest BCUT2D eigenvalue weighted by molar-refractivity contribution is 0.313. The van der Waals surface area contributed by atoms with Gasteiger partial charge in [-0.3, -0.25) is 10.3 Å². The lowest BCUT2D eigenvalue weighted by atomic mass is 10.0. The van der Waals surface area contributed by atoms with Gasteiger partial charge in [0.1, 0.15) is 11.7 Å². The third kappa shape index (κ3) is 3.89. The number of nitrogen functional groups attached to an aromatic ring is 1. The summed E-state index contributed by atoms with van der Waals surface area (Å²) >= 11 is 0. The number of benzene rings is 2. The van der Waals surface area contributed by atoms with Gasteiger partial charge in [0, 0.05) is 24.2 Å². The SMILES string of the molecule is Cc1cc(C(=N)N)ccc1CN(C)Cc1ccccc1F. The molecule has 0 spiro atoms. The number of aryl methyl sites for hydroxylation is 1. The van der Waals surface area contributed by atoms with Crippen LogP contribution in [0, 0.1) is 18.2 Å². The zero-order chi connectivity index (χ0) is 15.4. The van der Waals surface area contributed by atoms with Gasteiger partial charge in [-0.05, 0) is 37.2 Å². The van der Waals surface area contributed by atoms with Gasteiger partial charge in [-0.25, -0.2) is 4.39 Å². The first-order valence-electron chi connectivity index (χ1n) is 6.83. The van der Waals surface area contributed by atoms with Gasteiger partial charge < -0.3 is 5.73 Å². The fourth-order valence-electron chi connectivity index (χ4n) is 2.30. The van der Waals surface area contributed by atoms with Crippen molar-refractivity contribution in [3.8, 4) is 0 Å². The van der Waals surface area contributed by atoms with Gasteiger partial charge in [0.25, 0.3) is 0 Å². The summed E-state index contributed by atoms with van der Waals surface area (Å²) in [5.74, 6) is -0.0997. The molecule has 0 aliphatic carbocycles. The van der Waals surface area contributed by atoms with Crippen molar-refractivity contribution >= 4 is 5.84 Å². The van der Waals surface area contributed by atoms with Crippen molar-refractivity contribution in [1.82, 2.24) is 4.90 Å². The maximum Gasteiger partial charge on any atom is 0.127 e. The summed E-state index contributed by atoms with van der Waals surface area (Å²) in [6.45, 7) is 3.28. The molecule has 0 saturated carbocycles. The number of nitrogens with two attached hydrogens (primary N) is 1. The monoisotopic (exact) mass is 285 g/mol. The van der Waals surface area contributed by atoms with E-state index in [1.165, 1.54) is 6.07 Å². The van der Waals surface area contributed by atoms with Crippen LogP contribution in [0.4, 0.5) is 4.39 Å². The summed E-state index contributed by atoms with van der Waals surface area (Å²) in [5.41, 5.74) is 9.14. The number of halogens is 1. The second-order valence-electron chi connectivity index (χ2n) is 5.32. The fraction of sp³-hybridized carbons (Fsp3) is 0.235. The molecule has 2 rings (SSSR count). The third-order valence-electron chi connectivity index (χ3n) is 3.49. The molecule has 3 N–H and O–H groups in total. The van der Waals surface area contributed by atoms with Gasteiger partial charge >= 0.3 is 0 Å². The lowest BCUT2D eigenvalue weighted by Crippen LogP contribution is -2.19. The van der Waals surface area contributed by atoms with Gasteiger partial charge in [-0.1, -0.05) is 30.3 Å². The fourth-order valence-corrected chi connectivity index (χ4v) is 2.30. The van der Waals surface area contributed by atoms with Gasteiger partial charge in [-0.15, -0.1) is 0 Å². The van der Waals surface area contributed by atoms with Crippen LogP contribution in [0.1, 0.15) is 22.3 Å². The van der Waals surface area contributed by atoms with Crippen molar-refractivity contribution in [1.29, 1.82) is 5.41 Å². The Morgan fingerprint density at radius 3 is 2.43 bits per heavy atom. The van der Waals surface area contributed by atoms with Crippen LogP contribution in [-0.2, 0) is 13.1 Å². The molecule has 2 aromatic rings. The molecule has 21 heavy (non-hydrogen) atoms. The molecule has 2 aromatic carbocycles. The van der Waals surface area contributed by atoms with Crippen LogP contribution >= 0.6 is 0 Å². The zero-order valence-corrected chi connectivity index (χ0v) is 12.4. The molecule has 0 bridgehead atoms. The molecule has 0 unspecified atom stereocenters. The quantitative estimate of drug-likeness (QED) is 0.655. The Morgan fingerprint density at radius 1 is 1.14 bits per heavy atom. The molecule has 0 amide bonds. The van der Waals surface area contributed by atoms with Crippen molar-refractivity contribution in [2.75, 3.05) is 7.05 Å². The molecule has 0 aliphatic rings. The zero-order valence-electron chi connectivity index (χ0n) is 12.4. The van der Waals surface area contributed by atoms with E-state index in [0.29, 0.717) is 12.1 Å². The Bertz CT molecular complexity index is 652. The highest BCUT2D eigenvalue weighted by atomic mass is 19.1. The van der Waals surface area contributed by atoms with E-state index in [0.717, 1.165) is 23.2 Å². The minimum atomic E-state index is -0.173. The largest absolute Gasteiger partial charge is 0.384 e. The van der Waals surface area contributed by atoms with E-state index in [-0.39, 0.29) is 11.7 Å². The van der Waals surface area contributed by atoms with Crippen LogP contribution in [0.25, 0.3) is 0 Å². The molecule has 0 radical (unpaired) electrons. The molecular weight excluding hydrogens is 265 g/mol. The molecule has 0 aromatic heterocycles. The van der Waals surface area contributed by atoms with Gasteiger partial charge in [0.15, 0.2) is 0 Å². The molecule has 0 heterocycles. The van der Waals surface area contributed by atoms with E-state index in [1.807, 2.05) is 38.2 Å². The molecule has 4 heteroatoms. The highest BCUT2D eigenvalue weighted by Crippen LogP contribution is 2.15. The maximum atomic E-state index is 13.6. The summed E-state index contributed by atoms with van der Waals surface area (Å²) in [7, 11) is 1.96. The normalized spacial score (nSPS) is 10.9. The van der Waals surface area contributed by atoms with Crippen LogP contribution in [0.5, 0.6) is 0 Å². The van der Waals surface area contributed by atoms with Crippen molar-refractivity contribution in [2.45, 2.75) is 20.0 Å². The van der Waals surface area contributed by atoms with Crippen LogP contribution in [0.15, 0.2) is 42.5 Å². The van der Waals surface area contributed by atoms with Crippen LogP contribution < -0.4 is 5.73 Å². The number of nitrogens with one attached hydrogen (secondary N) is 1. The average Bonchev–Trinajstić information content (AvgIpc) is 2.43. The third-order valence-corrected chi connectivity index (χ3v) is 3.49. The maximum absolute atomic E-state index is 13.6. The molecule has 110 valence electrons. The van der Waals surface area contributed by atoms with Gasteiger partial charge in [0.2, 0.25) is 0 Å². The first-order chi connectivity index (χ1) is 9.97. The highest BCUT2D eigenvalue weighted by molar-refractivity contribution is 5.95. The minimum Gasteiger partial charge on any atom is -0.384 e. The van der Waals surface area contributed by atoms with Crippen LogP contribution in [0.2, 0.25) is 0 Å². The smallest absolute Gasteiger partial charge is 0.127 e. The number of nitrogens with zero attached hydrogens (tertiary/aromatic N) is 1. The molecular formula is C17H20FN3. The minimum absolute atomic E-state index is 0.0735. The molecule has 0 aliphatic heterocycles. The predicted molar refractivity (Wildman–Crippen MR) is 83.8 cm³/mol. The summed E-state index contributed by atoms with van der Waals surface area (Å²) in [5, 5.41) is 7.44. The number of hydrogen-bond acceptors (Lipinski definition) is 2. The van der Waals surface area contributed by atoms with Crippen molar-refractivity contribution < 1.29 is 4.39 Å². The van der Waals surface area contributed by atoms with E-state index in [2.05, 4.69) is 4.90 Å². The average molecular weight is 285 g/mol. The molecule has 0 fully saturated rings.